The highest BCUT2D eigenvalue weighted by Crippen LogP contribution is 2.33. The minimum absolute atomic E-state index is 0.0318. The molecule has 0 bridgehead atoms. The Morgan fingerprint density at radius 1 is 1.41 bits per heavy atom. The van der Waals surface area contributed by atoms with E-state index in [1.165, 1.54) is 19.2 Å². The van der Waals surface area contributed by atoms with Crippen LogP contribution in [0.25, 0.3) is 0 Å². The molecule has 0 heterocycles. The third-order valence-electron chi connectivity index (χ3n) is 2.10. The van der Waals surface area contributed by atoms with Crippen molar-refractivity contribution >= 4 is 12.0 Å². The Hall–Kier alpha value is -2.11. The highest BCUT2D eigenvalue weighted by molar-refractivity contribution is 5.83. The third-order valence-corrected chi connectivity index (χ3v) is 2.10. The summed E-state index contributed by atoms with van der Waals surface area (Å²) in [4.78, 5) is 20.9. The van der Waals surface area contributed by atoms with Gasteiger partial charge in [0, 0.05) is 6.07 Å². The molecule has 6 nitrogen and oxygen atoms in total. The fraction of sp³-hybridized carbons (Fsp3) is 0.364. The minimum Gasteiger partial charge on any atom is -0.493 e. The van der Waals surface area contributed by atoms with E-state index in [-0.39, 0.29) is 17.0 Å². The van der Waals surface area contributed by atoms with Crippen LogP contribution >= 0.6 is 0 Å². The van der Waals surface area contributed by atoms with Gasteiger partial charge in [-0.1, -0.05) is 6.92 Å². The Kier molecular flexibility index (Phi) is 4.45. The van der Waals surface area contributed by atoms with Crippen molar-refractivity contribution in [3.63, 3.8) is 0 Å². The van der Waals surface area contributed by atoms with E-state index in [0.717, 1.165) is 6.42 Å². The number of nitro benzene ring substituents is 1. The molecule has 0 spiro atoms. The zero-order chi connectivity index (χ0) is 12.8. The summed E-state index contributed by atoms with van der Waals surface area (Å²) in [6.07, 6.45) is 1.19. The quantitative estimate of drug-likeness (QED) is 0.432. The van der Waals surface area contributed by atoms with Gasteiger partial charge in [-0.05, 0) is 6.42 Å². The zero-order valence-electron chi connectivity index (χ0n) is 9.63. The highest BCUT2D eigenvalue weighted by Gasteiger charge is 2.19. The molecule has 0 aliphatic carbocycles. The largest absolute Gasteiger partial charge is 0.493 e. The van der Waals surface area contributed by atoms with E-state index in [1.807, 2.05) is 6.92 Å². The number of aldehydes is 1. The van der Waals surface area contributed by atoms with Crippen LogP contribution in [0, 0.1) is 10.1 Å². The van der Waals surface area contributed by atoms with Crippen LogP contribution in [0.2, 0.25) is 0 Å². The average molecular weight is 239 g/mol. The number of carbonyl (C=O) groups excluding carboxylic acids is 1. The summed E-state index contributed by atoms with van der Waals surface area (Å²) in [5, 5.41) is 10.8. The van der Waals surface area contributed by atoms with Crippen molar-refractivity contribution in [2.24, 2.45) is 0 Å². The summed E-state index contributed by atoms with van der Waals surface area (Å²) in [5.74, 6) is 0.581. The minimum atomic E-state index is -0.623. The normalized spacial score (nSPS) is 9.76. The molecule has 0 unspecified atom stereocenters. The SMILES string of the molecule is CCCOc1cc([N+](=O)[O-])c(C=O)cc1OC. The molecule has 92 valence electrons. The molecule has 0 atom stereocenters. The summed E-state index contributed by atoms with van der Waals surface area (Å²) in [7, 11) is 1.41. The standard InChI is InChI=1S/C11H13NO5/c1-3-4-17-11-6-9(12(14)15)8(7-13)5-10(11)16-2/h5-7H,3-4H2,1-2H3. The van der Waals surface area contributed by atoms with E-state index in [0.29, 0.717) is 18.6 Å². The maximum absolute atomic E-state index is 10.8. The first-order chi connectivity index (χ1) is 8.13. The van der Waals surface area contributed by atoms with E-state index in [2.05, 4.69) is 0 Å². The fourth-order valence-corrected chi connectivity index (χ4v) is 1.30. The second-order valence-electron chi connectivity index (χ2n) is 3.29. The van der Waals surface area contributed by atoms with Crippen molar-refractivity contribution in [2.75, 3.05) is 13.7 Å². The molecule has 0 fully saturated rings. The second kappa shape index (κ2) is 5.83. The molecule has 0 aromatic heterocycles. The Balaban J connectivity index is 3.23. The van der Waals surface area contributed by atoms with Gasteiger partial charge in [0.1, 0.15) is 0 Å². The van der Waals surface area contributed by atoms with Gasteiger partial charge in [-0.15, -0.1) is 0 Å². The molecular weight excluding hydrogens is 226 g/mol. The lowest BCUT2D eigenvalue weighted by atomic mass is 10.1. The van der Waals surface area contributed by atoms with Crippen LogP contribution in [0.15, 0.2) is 12.1 Å². The van der Waals surface area contributed by atoms with Gasteiger partial charge < -0.3 is 9.47 Å². The molecule has 0 aliphatic heterocycles. The highest BCUT2D eigenvalue weighted by atomic mass is 16.6. The smallest absolute Gasteiger partial charge is 0.283 e. The first-order valence-electron chi connectivity index (χ1n) is 5.08. The Morgan fingerprint density at radius 3 is 2.59 bits per heavy atom. The maximum Gasteiger partial charge on any atom is 0.283 e. The van der Waals surface area contributed by atoms with Gasteiger partial charge in [-0.3, -0.25) is 14.9 Å². The van der Waals surface area contributed by atoms with Gasteiger partial charge in [0.2, 0.25) is 0 Å². The first kappa shape index (κ1) is 13.0. The summed E-state index contributed by atoms with van der Waals surface area (Å²) in [5.41, 5.74) is -0.317. The second-order valence-corrected chi connectivity index (χ2v) is 3.29. The van der Waals surface area contributed by atoms with E-state index in [1.54, 1.807) is 0 Å². The molecule has 0 radical (unpaired) electrons. The van der Waals surface area contributed by atoms with Crippen molar-refractivity contribution in [3.8, 4) is 11.5 Å². The molecular formula is C11H13NO5. The van der Waals surface area contributed by atoms with Gasteiger partial charge in [0.15, 0.2) is 17.8 Å². The van der Waals surface area contributed by atoms with Crippen LogP contribution in [-0.4, -0.2) is 24.9 Å². The van der Waals surface area contributed by atoms with Gasteiger partial charge in [-0.25, -0.2) is 0 Å². The van der Waals surface area contributed by atoms with Crippen molar-refractivity contribution in [1.29, 1.82) is 0 Å². The lowest BCUT2D eigenvalue weighted by Gasteiger charge is -2.10. The Labute approximate surface area is 98.3 Å². The number of ether oxygens (including phenoxy) is 2. The molecule has 1 aromatic carbocycles. The van der Waals surface area contributed by atoms with E-state index < -0.39 is 4.92 Å². The van der Waals surface area contributed by atoms with E-state index in [9.17, 15) is 14.9 Å². The molecule has 0 amide bonds. The van der Waals surface area contributed by atoms with Gasteiger partial charge >= 0.3 is 0 Å². The molecule has 0 saturated heterocycles. The van der Waals surface area contributed by atoms with Crippen molar-refractivity contribution in [1.82, 2.24) is 0 Å². The number of nitrogens with zero attached hydrogens (tertiary/aromatic N) is 1. The predicted molar refractivity (Wildman–Crippen MR) is 60.8 cm³/mol. The van der Waals surface area contributed by atoms with Crippen LogP contribution in [-0.2, 0) is 0 Å². The Bertz CT molecular complexity index is 430. The van der Waals surface area contributed by atoms with E-state index in [4.69, 9.17) is 9.47 Å². The van der Waals surface area contributed by atoms with Crippen LogP contribution < -0.4 is 9.47 Å². The third kappa shape index (κ3) is 2.93. The van der Waals surface area contributed by atoms with Crippen molar-refractivity contribution in [2.45, 2.75) is 13.3 Å². The number of benzene rings is 1. The maximum atomic E-state index is 10.8. The molecule has 0 saturated carbocycles. The van der Waals surface area contributed by atoms with Gasteiger partial charge in [0.25, 0.3) is 5.69 Å². The van der Waals surface area contributed by atoms with Crippen molar-refractivity contribution < 1.29 is 19.2 Å². The number of nitro groups is 1. The predicted octanol–water partition coefficient (Wildman–Crippen LogP) is 2.20. The molecule has 0 aliphatic rings. The Morgan fingerprint density at radius 2 is 2.12 bits per heavy atom. The summed E-state index contributed by atoms with van der Waals surface area (Å²) >= 11 is 0. The molecule has 1 rings (SSSR count). The van der Waals surface area contributed by atoms with Crippen LogP contribution in [0.1, 0.15) is 23.7 Å². The van der Waals surface area contributed by atoms with Crippen LogP contribution in [0.5, 0.6) is 11.5 Å². The summed E-state index contributed by atoms with van der Waals surface area (Å²) < 4.78 is 10.3. The molecule has 1 aromatic rings. The van der Waals surface area contributed by atoms with E-state index >= 15 is 0 Å². The summed E-state index contributed by atoms with van der Waals surface area (Å²) in [6, 6.07) is 2.51. The van der Waals surface area contributed by atoms with Crippen molar-refractivity contribution in [3.05, 3.63) is 27.8 Å². The molecule has 6 heteroatoms. The van der Waals surface area contributed by atoms with Gasteiger partial charge in [-0.2, -0.15) is 0 Å². The number of carbonyl (C=O) groups is 1. The monoisotopic (exact) mass is 239 g/mol. The first-order valence-corrected chi connectivity index (χ1v) is 5.08. The summed E-state index contributed by atoms with van der Waals surface area (Å²) in [6.45, 7) is 2.34. The number of hydrogen-bond acceptors (Lipinski definition) is 5. The number of hydrogen-bond donors (Lipinski definition) is 0. The zero-order valence-corrected chi connectivity index (χ0v) is 9.63. The topological polar surface area (TPSA) is 78.7 Å². The lowest BCUT2D eigenvalue weighted by Crippen LogP contribution is -2.01. The van der Waals surface area contributed by atoms with Gasteiger partial charge in [0.05, 0.1) is 30.3 Å². The molecule has 0 N–H and O–H groups in total. The number of rotatable bonds is 6. The van der Waals surface area contributed by atoms with Crippen LogP contribution in [0.4, 0.5) is 5.69 Å². The molecule has 17 heavy (non-hydrogen) atoms. The lowest BCUT2D eigenvalue weighted by molar-refractivity contribution is -0.385. The number of methoxy groups -OCH3 is 1. The average Bonchev–Trinajstić information content (AvgIpc) is 2.34. The fourth-order valence-electron chi connectivity index (χ4n) is 1.30. The van der Waals surface area contributed by atoms with Crippen LogP contribution in [0.3, 0.4) is 0 Å².